The van der Waals surface area contributed by atoms with E-state index in [9.17, 15) is 14.7 Å². The lowest BCUT2D eigenvalue weighted by atomic mass is 9.49. The zero-order valence-corrected chi connectivity index (χ0v) is 22.1. The number of esters is 2. The van der Waals surface area contributed by atoms with E-state index in [1.54, 1.807) is 13.0 Å². The highest BCUT2D eigenvalue weighted by Crippen LogP contribution is 2.70. The molecule has 2 heterocycles. The van der Waals surface area contributed by atoms with Gasteiger partial charge in [0.25, 0.3) is 0 Å². The number of aliphatic hydroxyl groups is 1. The van der Waals surface area contributed by atoms with E-state index in [-0.39, 0.29) is 28.7 Å². The van der Waals surface area contributed by atoms with Crippen LogP contribution in [0.4, 0.5) is 0 Å². The molecule has 1 N–H and O–H groups in total. The van der Waals surface area contributed by atoms with Gasteiger partial charge < -0.3 is 14.6 Å². The Bertz CT molecular complexity index is 1090. The molecule has 2 fully saturated rings. The van der Waals surface area contributed by atoms with Gasteiger partial charge in [0.2, 0.25) is 0 Å². The molecule has 0 bridgehead atoms. The van der Waals surface area contributed by atoms with Crippen molar-refractivity contribution in [2.75, 3.05) is 0 Å². The zero-order valence-electron chi connectivity index (χ0n) is 22.1. The minimum atomic E-state index is -1.08. The van der Waals surface area contributed by atoms with E-state index in [1.165, 1.54) is 11.1 Å². The number of rotatable bonds is 2. The van der Waals surface area contributed by atoms with Crippen LogP contribution in [-0.2, 0) is 19.1 Å². The lowest BCUT2D eigenvalue weighted by Crippen LogP contribution is -2.57. The number of hydrogen-bond acceptors (Lipinski definition) is 5. The van der Waals surface area contributed by atoms with Crippen LogP contribution < -0.4 is 0 Å². The molecule has 0 amide bonds. The molecule has 3 aliphatic carbocycles. The van der Waals surface area contributed by atoms with Crippen LogP contribution in [0.15, 0.2) is 46.6 Å². The smallest absolute Gasteiger partial charge is 0.333 e. The first-order valence-electron chi connectivity index (χ1n) is 13.2. The fourth-order valence-corrected chi connectivity index (χ4v) is 8.32. The van der Waals surface area contributed by atoms with Crippen molar-refractivity contribution < 1.29 is 24.2 Å². The van der Waals surface area contributed by atoms with Crippen molar-refractivity contribution in [3.05, 3.63) is 46.6 Å². The monoisotopic (exact) mass is 480 g/mol. The summed E-state index contributed by atoms with van der Waals surface area (Å²) >= 11 is 0. The molecule has 3 unspecified atom stereocenters. The molecule has 35 heavy (non-hydrogen) atoms. The summed E-state index contributed by atoms with van der Waals surface area (Å²) in [6, 6.07) is 0. The first-order chi connectivity index (χ1) is 16.3. The van der Waals surface area contributed by atoms with E-state index >= 15 is 0 Å². The van der Waals surface area contributed by atoms with Crippen LogP contribution in [0.3, 0.4) is 0 Å². The normalized spacial score (nSPS) is 40.1. The van der Waals surface area contributed by atoms with Gasteiger partial charge in [-0.3, -0.25) is 0 Å². The van der Waals surface area contributed by atoms with E-state index < -0.39 is 17.3 Å². The molecular weight excluding hydrogens is 440 g/mol. The number of allylic oxidation sites excluding steroid dienone is 4. The van der Waals surface area contributed by atoms with Crippen molar-refractivity contribution in [3.63, 3.8) is 0 Å². The summed E-state index contributed by atoms with van der Waals surface area (Å²) in [6.07, 6.45) is 13.6. The summed E-state index contributed by atoms with van der Waals surface area (Å²) in [5.41, 5.74) is 2.68. The second-order valence-electron chi connectivity index (χ2n) is 12.7. The number of carbonyl (C=O) groups is 2. The molecule has 2 saturated carbocycles. The number of hydrogen-bond donors (Lipinski definition) is 1. The fourth-order valence-electron chi connectivity index (χ4n) is 8.32. The first-order valence-corrected chi connectivity index (χ1v) is 13.2. The van der Waals surface area contributed by atoms with Crippen LogP contribution in [0.1, 0.15) is 86.5 Å². The molecule has 0 aromatic heterocycles. The minimum absolute atomic E-state index is 0.0331. The van der Waals surface area contributed by atoms with Crippen LogP contribution in [0.2, 0.25) is 0 Å². The molecule has 0 saturated heterocycles. The van der Waals surface area contributed by atoms with Gasteiger partial charge in [-0.15, -0.1) is 0 Å². The third-order valence-corrected chi connectivity index (χ3v) is 10.6. The maximum absolute atomic E-state index is 12.3. The van der Waals surface area contributed by atoms with Gasteiger partial charge in [0.05, 0.1) is 0 Å². The average Bonchev–Trinajstić information content (AvgIpc) is 2.88. The van der Waals surface area contributed by atoms with E-state index in [2.05, 4.69) is 19.9 Å². The van der Waals surface area contributed by atoms with E-state index in [0.29, 0.717) is 17.9 Å². The molecule has 5 rings (SSSR count). The van der Waals surface area contributed by atoms with Crippen molar-refractivity contribution in [1.82, 2.24) is 0 Å². The maximum atomic E-state index is 12.3. The van der Waals surface area contributed by atoms with Crippen LogP contribution in [0.5, 0.6) is 0 Å². The first kappa shape index (κ1) is 24.5. The summed E-state index contributed by atoms with van der Waals surface area (Å²) in [4.78, 5) is 24.4. The number of carbonyl (C=O) groups excluding carboxylic acids is 2. The molecule has 0 aromatic carbocycles. The molecule has 190 valence electrons. The second kappa shape index (κ2) is 7.93. The molecule has 5 nitrogen and oxygen atoms in total. The second-order valence-corrected chi connectivity index (χ2v) is 12.7. The van der Waals surface area contributed by atoms with Gasteiger partial charge in [0.15, 0.2) is 0 Å². The van der Waals surface area contributed by atoms with Gasteiger partial charge in [0, 0.05) is 18.1 Å². The highest BCUT2D eigenvalue weighted by Gasteiger charge is 2.65. The minimum Gasteiger partial charge on any atom is -0.456 e. The van der Waals surface area contributed by atoms with Gasteiger partial charge in [-0.25, -0.2) is 9.59 Å². The highest BCUT2D eigenvalue weighted by molar-refractivity contribution is 5.88. The molecular formula is C30H40O5. The van der Waals surface area contributed by atoms with Crippen LogP contribution in [0.25, 0.3) is 0 Å². The predicted octanol–water partition coefficient (Wildman–Crippen LogP) is 5.74. The van der Waals surface area contributed by atoms with Crippen LogP contribution in [0, 0.1) is 22.7 Å². The lowest BCUT2D eigenvalue weighted by molar-refractivity contribution is -0.182. The Morgan fingerprint density at radius 3 is 2.49 bits per heavy atom. The van der Waals surface area contributed by atoms with E-state index in [4.69, 9.17) is 9.47 Å². The summed E-state index contributed by atoms with van der Waals surface area (Å²) in [7, 11) is 0. The standard InChI is InChI=1S/C30H40O5/c1-18-7-11-24(34-26(18)32)30(6,33)23-14-16-28(4)22-10-9-21-19(8-12-25(31)35-27(21,2)3)17-20(22)13-15-29(23,28)5/h7-8,12,17,22-24,33H,9-11,13-16H2,1-6H3/t22?,23?,24?,28-,29+,30+/m0/s1. The number of cyclic esters (lactones) is 2. The Labute approximate surface area is 209 Å². The molecule has 5 heteroatoms. The molecule has 0 spiro atoms. The van der Waals surface area contributed by atoms with Gasteiger partial charge >= 0.3 is 11.9 Å². The molecule has 6 atom stereocenters. The maximum Gasteiger partial charge on any atom is 0.333 e. The van der Waals surface area contributed by atoms with Crippen molar-refractivity contribution in [3.8, 4) is 0 Å². The molecule has 5 aliphatic rings. The van der Waals surface area contributed by atoms with Crippen molar-refractivity contribution >= 4 is 11.9 Å². The zero-order chi connectivity index (χ0) is 25.4. The third kappa shape index (κ3) is 3.60. The molecule has 0 aromatic rings. The largest absolute Gasteiger partial charge is 0.456 e. The molecule has 2 aliphatic heterocycles. The summed E-state index contributed by atoms with van der Waals surface area (Å²) in [5, 5.41) is 11.9. The fraction of sp³-hybridized carbons (Fsp3) is 0.667. The summed E-state index contributed by atoms with van der Waals surface area (Å²) < 4.78 is 11.5. The summed E-state index contributed by atoms with van der Waals surface area (Å²) in [6.45, 7) is 12.5. The Morgan fingerprint density at radius 2 is 1.77 bits per heavy atom. The Morgan fingerprint density at radius 1 is 1.03 bits per heavy atom. The predicted molar refractivity (Wildman–Crippen MR) is 134 cm³/mol. The number of fused-ring (bicyclic) bond motifs is 3. The van der Waals surface area contributed by atoms with Crippen molar-refractivity contribution in [2.24, 2.45) is 22.7 Å². The van der Waals surface area contributed by atoms with Gasteiger partial charge in [-0.1, -0.05) is 31.6 Å². The van der Waals surface area contributed by atoms with Crippen molar-refractivity contribution in [1.29, 1.82) is 0 Å². The van der Waals surface area contributed by atoms with Crippen molar-refractivity contribution in [2.45, 2.75) is 104 Å². The van der Waals surface area contributed by atoms with Gasteiger partial charge in [-0.05, 0) is 106 Å². The quantitative estimate of drug-likeness (QED) is 0.510. The third-order valence-electron chi connectivity index (χ3n) is 10.6. The Balaban J connectivity index is 1.47. The topological polar surface area (TPSA) is 72.8 Å². The van der Waals surface area contributed by atoms with Gasteiger partial charge in [-0.2, -0.15) is 0 Å². The lowest BCUT2D eigenvalue weighted by Gasteiger charge is -2.57. The van der Waals surface area contributed by atoms with E-state index in [1.807, 2.05) is 32.9 Å². The Hall–Kier alpha value is -2.14. The number of ether oxygens (including phenoxy) is 2. The van der Waals surface area contributed by atoms with E-state index in [0.717, 1.165) is 44.1 Å². The Kier molecular flexibility index (Phi) is 5.56. The highest BCUT2D eigenvalue weighted by atomic mass is 16.6. The average molecular weight is 481 g/mol. The van der Waals surface area contributed by atoms with Crippen LogP contribution in [-0.4, -0.2) is 34.4 Å². The van der Waals surface area contributed by atoms with Gasteiger partial charge in [0.1, 0.15) is 17.3 Å². The summed E-state index contributed by atoms with van der Waals surface area (Å²) in [5.74, 6) is -0.132. The SMILES string of the molecule is CC1=CCC([C@](C)(O)C2CC[C@@]3(C)C4CCC5=C(C=CC(=O)OC5(C)C)C=C4CC[C@]23C)OC1=O. The molecule has 0 radical (unpaired) electrons. The van der Waals surface area contributed by atoms with Crippen LogP contribution >= 0.6 is 0 Å².